The van der Waals surface area contributed by atoms with E-state index in [2.05, 4.69) is 31.3 Å². The summed E-state index contributed by atoms with van der Waals surface area (Å²) in [5, 5.41) is 4.72. The standard InChI is InChI=1S/C15H19NOS/c1-9-4-5-13-14(10(9)2)11-6-7-17-12(8-16-3)15(11)18-13/h4-5,12,16H,6-8H2,1-3H3. The molecule has 3 heteroatoms. The predicted molar refractivity (Wildman–Crippen MR) is 77.6 cm³/mol. The molecule has 1 aromatic heterocycles. The lowest BCUT2D eigenvalue weighted by molar-refractivity contribution is 0.0472. The number of benzene rings is 1. The molecule has 0 aliphatic carbocycles. The molecule has 96 valence electrons. The fourth-order valence-electron chi connectivity index (χ4n) is 2.78. The minimum Gasteiger partial charge on any atom is -0.371 e. The third kappa shape index (κ3) is 1.78. The third-order valence-electron chi connectivity index (χ3n) is 3.87. The Balaban J connectivity index is 2.21. The second-order valence-electron chi connectivity index (χ2n) is 4.99. The fraction of sp³-hybridized carbons (Fsp3) is 0.467. The minimum atomic E-state index is 0.232. The van der Waals surface area contributed by atoms with Gasteiger partial charge in [-0.2, -0.15) is 0 Å². The van der Waals surface area contributed by atoms with Crippen LogP contribution in [0.5, 0.6) is 0 Å². The quantitative estimate of drug-likeness (QED) is 0.895. The second kappa shape index (κ2) is 4.65. The number of nitrogens with one attached hydrogen (secondary N) is 1. The van der Waals surface area contributed by atoms with Gasteiger partial charge in [0.05, 0.1) is 6.61 Å². The molecule has 1 atom stereocenters. The largest absolute Gasteiger partial charge is 0.371 e. The molecule has 0 saturated carbocycles. The van der Waals surface area contributed by atoms with Gasteiger partial charge < -0.3 is 10.1 Å². The van der Waals surface area contributed by atoms with E-state index in [1.54, 1.807) is 0 Å². The van der Waals surface area contributed by atoms with Gasteiger partial charge in [0.15, 0.2) is 0 Å². The Kier molecular flexibility index (Phi) is 3.14. The number of ether oxygens (including phenoxy) is 1. The average molecular weight is 261 g/mol. The van der Waals surface area contributed by atoms with Crippen LogP contribution in [0.3, 0.4) is 0 Å². The van der Waals surface area contributed by atoms with E-state index in [9.17, 15) is 0 Å². The summed E-state index contributed by atoms with van der Waals surface area (Å²) in [5.41, 5.74) is 4.36. The van der Waals surface area contributed by atoms with Gasteiger partial charge >= 0.3 is 0 Å². The second-order valence-corrected chi connectivity index (χ2v) is 6.08. The molecule has 0 saturated heterocycles. The average Bonchev–Trinajstić information content (AvgIpc) is 2.75. The fourth-order valence-corrected chi connectivity index (χ4v) is 4.14. The van der Waals surface area contributed by atoms with E-state index < -0.39 is 0 Å². The van der Waals surface area contributed by atoms with E-state index in [1.165, 1.54) is 31.7 Å². The van der Waals surface area contributed by atoms with Crippen molar-refractivity contribution in [1.29, 1.82) is 0 Å². The zero-order chi connectivity index (χ0) is 12.7. The van der Waals surface area contributed by atoms with E-state index in [1.807, 2.05) is 18.4 Å². The predicted octanol–water partition coefficient (Wildman–Crippen LogP) is 3.35. The first-order valence-electron chi connectivity index (χ1n) is 6.50. The molecular weight excluding hydrogens is 242 g/mol. The molecule has 1 aromatic carbocycles. The highest BCUT2D eigenvalue weighted by Gasteiger charge is 2.25. The molecule has 18 heavy (non-hydrogen) atoms. The molecule has 1 aliphatic rings. The highest BCUT2D eigenvalue weighted by molar-refractivity contribution is 7.19. The van der Waals surface area contributed by atoms with Crippen LogP contribution >= 0.6 is 11.3 Å². The van der Waals surface area contributed by atoms with E-state index in [4.69, 9.17) is 4.74 Å². The number of fused-ring (bicyclic) bond motifs is 3. The summed E-state index contributed by atoms with van der Waals surface area (Å²) in [6.45, 7) is 6.19. The molecule has 2 heterocycles. The summed E-state index contributed by atoms with van der Waals surface area (Å²) < 4.78 is 7.30. The Hall–Kier alpha value is -0.900. The number of aryl methyl sites for hydroxylation is 2. The van der Waals surface area contributed by atoms with Crippen molar-refractivity contribution in [2.24, 2.45) is 0 Å². The topological polar surface area (TPSA) is 21.3 Å². The first kappa shape index (κ1) is 12.2. The van der Waals surface area contributed by atoms with Gasteiger partial charge in [-0.15, -0.1) is 11.3 Å². The summed E-state index contributed by atoms with van der Waals surface area (Å²) >= 11 is 1.91. The normalized spacial score (nSPS) is 19.2. The summed E-state index contributed by atoms with van der Waals surface area (Å²) in [7, 11) is 1.99. The Labute approximate surface area is 112 Å². The summed E-state index contributed by atoms with van der Waals surface area (Å²) in [5.74, 6) is 0. The number of likely N-dealkylation sites (N-methyl/N-ethyl adjacent to an activating group) is 1. The van der Waals surface area contributed by atoms with Crippen LogP contribution < -0.4 is 5.32 Å². The van der Waals surface area contributed by atoms with Crippen LogP contribution in [0.4, 0.5) is 0 Å². The monoisotopic (exact) mass is 261 g/mol. The van der Waals surface area contributed by atoms with Gasteiger partial charge in [0.25, 0.3) is 0 Å². The SMILES string of the molecule is CNCC1OCCc2c1sc1ccc(C)c(C)c21. The van der Waals surface area contributed by atoms with Crippen molar-refractivity contribution in [3.8, 4) is 0 Å². The van der Waals surface area contributed by atoms with Crippen molar-refractivity contribution in [2.75, 3.05) is 20.2 Å². The van der Waals surface area contributed by atoms with Gasteiger partial charge in [-0.25, -0.2) is 0 Å². The maximum absolute atomic E-state index is 5.89. The smallest absolute Gasteiger partial charge is 0.104 e. The van der Waals surface area contributed by atoms with Crippen LogP contribution in [0.15, 0.2) is 12.1 Å². The number of hydrogen-bond acceptors (Lipinski definition) is 3. The third-order valence-corrected chi connectivity index (χ3v) is 5.16. The Morgan fingerprint density at radius 3 is 3.00 bits per heavy atom. The first-order valence-corrected chi connectivity index (χ1v) is 7.31. The Morgan fingerprint density at radius 1 is 1.39 bits per heavy atom. The van der Waals surface area contributed by atoms with Crippen molar-refractivity contribution in [2.45, 2.75) is 26.4 Å². The summed E-state index contributed by atoms with van der Waals surface area (Å²) in [6, 6.07) is 4.49. The van der Waals surface area contributed by atoms with E-state index in [0.29, 0.717) is 0 Å². The van der Waals surface area contributed by atoms with Crippen molar-refractivity contribution in [3.63, 3.8) is 0 Å². The lowest BCUT2D eigenvalue weighted by atomic mass is 9.97. The van der Waals surface area contributed by atoms with E-state index in [0.717, 1.165) is 19.6 Å². The molecule has 0 radical (unpaired) electrons. The van der Waals surface area contributed by atoms with Crippen LogP contribution in [0.1, 0.15) is 27.7 Å². The van der Waals surface area contributed by atoms with Gasteiger partial charge in [-0.05, 0) is 55.5 Å². The van der Waals surface area contributed by atoms with Crippen LogP contribution in [0.25, 0.3) is 10.1 Å². The number of hydrogen-bond donors (Lipinski definition) is 1. The molecule has 2 aromatic rings. The maximum Gasteiger partial charge on any atom is 0.104 e. The molecule has 1 N–H and O–H groups in total. The minimum absolute atomic E-state index is 0.232. The van der Waals surface area contributed by atoms with Gasteiger partial charge in [-0.1, -0.05) is 6.07 Å². The van der Waals surface area contributed by atoms with Crippen molar-refractivity contribution < 1.29 is 4.74 Å². The van der Waals surface area contributed by atoms with Gasteiger partial charge in [-0.3, -0.25) is 0 Å². The van der Waals surface area contributed by atoms with Gasteiger partial charge in [0.2, 0.25) is 0 Å². The van der Waals surface area contributed by atoms with Crippen LogP contribution in [-0.2, 0) is 11.2 Å². The molecule has 0 amide bonds. The molecule has 1 aliphatic heterocycles. The number of rotatable bonds is 2. The first-order chi connectivity index (χ1) is 8.72. The Bertz CT molecular complexity index is 588. The van der Waals surface area contributed by atoms with Crippen LogP contribution in [0.2, 0.25) is 0 Å². The van der Waals surface area contributed by atoms with E-state index in [-0.39, 0.29) is 6.10 Å². The summed E-state index contributed by atoms with van der Waals surface area (Å²) in [4.78, 5) is 1.43. The van der Waals surface area contributed by atoms with Crippen LogP contribution in [-0.4, -0.2) is 20.2 Å². The van der Waals surface area contributed by atoms with Gasteiger partial charge in [0.1, 0.15) is 6.10 Å². The maximum atomic E-state index is 5.89. The summed E-state index contributed by atoms with van der Waals surface area (Å²) in [6.07, 6.45) is 1.29. The van der Waals surface area contributed by atoms with Crippen molar-refractivity contribution >= 4 is 21.4 Å². The molecule has 0 fully saturated rings. The highest BCUT2D eigenvalue weighted by atomic mass is 32.1. The van der Waals surface area contributed by atoms with Crippen molar-refractivity contribution in [3.05, 3.63) is 33.7 Å². The lowest BCUT2D eigenvalue weighted by Crippen LogP contribution is -2.24. The van der Waals surface area contributed by atoms with Crippen molar-refractivity contribution in [1.82, 2.24) is 5.32 Å². The molecule has 2 nitrogen and oxygen atoms in total. The molecule has 0 spiro atoms. The zero-order valence-electron chi connectivity index (χ0n) is 11.2. The molecule has 3 rings (SSSR count). The van der Waals surface area contributed by atoms with Gasteiger partial charge in [0, 0.05) is 16.1 Å². The molecule has 1 unspecified atom stereocenters. The number of thiophene rings is 1. The lowest BCUT2D eigenvalue weighted by Gasteiger charge is -2.23. The zero-order valence-corrected chi connectivity index (χ0v) is 12.0. The van der Waals surface area contributed by atoms with E-state index >= 15 is 0 Å². The highest BCUT2D eigenvalue weighted by Crippen LogP contribution is 2.41. The molecule has 0 bridgehead atoms. The van der Waals surface area contributed by atoms with Crippen LogP contribution in [0, 0.1) is 13.8 Å². The Morgan fingerprint density at radius 2 is 2.22 bits per heavy atom. The molecular formula is C15H19NOS.